The Bertz CT molecular complexity index is 893. The third kappa shape index (κ3) is 2.02. The van der Waals surface area contributed by atoms with Crippen molar-refractivity contribution in [2.24, 2.45) is 7.05 Å². The summed E-state index contributed by atoms with van der Waals surface area (Å²) in [5, 5.41) is 11.0. The zero-order valence-electron chi connectivity index (χ0n) is 12.3. The second-order valence-electron chi connectivity index (χ2n) is 5.41. The monoisotopic (exact) mass is 279 g/mol. The molecule has 0 bridgehead atoms. The minimum absolute atomic E-state index is 0.0452. The van der Waals surface area contributed by atoms with Crippen LogP contribution in [0.2, 0.25) is 0 Å². The van der Waals surface area contributed by atoms with Crippen LogP contribution in [-0.4, -0.2) is 9.67 Å². The van der Waals surface area contributed by atoms with Gasteiger partial charge >= 0.3 is 0 Å². The quantitative estimate of drug-likeness (QED) is 0.740. The number of benzene rings is 2. The van der Waals surface area contributed by atoms with Crippen molar-refractivity contribution in [1.82, 2.24) is 4.57 Å². The molecule has 1 heterocycles. The van der Waals surface area contributed by atoms with Gasteiger partial charge in [0.25, 0.3) is 5.56 Å². The number of pyridine rings is 1. The molecule has 21 heavy (non-hydrogen) atoms. The van der Waals surface area contributed by atoms with Crippen molar-refractivity contribution in [3.63, 3.8) is 0 Å². The second-order valence-corrected chi connectivity index (χ2v) is 5.41. The van der Waals surface area contributed by atoms with Crippen LogP contribution < -0.4 is 5.56 Å². The van der Waals surface area contributed by atoms with E-state index in [1.54, 1.807) is 17.7 Å². The van der Waals surface area contributed by atoms with Gasteiger partial charge in [0.1, 0.15) is 5.75 Å². The zero-order valence-corrected chi connectivity index (χ0v) is 12.3. The summed E-state index contributed by atoms with van der Waals surface area (Å²) in [5.74, 6) is 0.218. The van der Waals surface area contributed by atoms with E-state index in [4.69, 9.17) is 0 Å². The number of aryl methyl sites for hydroxylation is 3. The maximum atomic E-state index is 12.7. The molecule has 0 saturated heterocycles. The van der Waals surface area contributed by atoms with Crippen LogP contribution >= 0.6 is 0 Å². The van der Waals surface area contributed by atoms with E-state index in [1.165, 1.54) is 0 Å². The minimum atomic E-state index is -0.0452. The van der Waals surface area contributed by atoms with E-state index >= 15 is 0 Å². The first-order valence-electron chi connectivity index (χ1n) is 6.89. The molecule has 0 radical (unpaired) electrons. The molecule has 3 heteroatoms. The first-order valence-corrected chi connectivity index (χ1v) is 6.89. The fourth-order valence-electron chi connectivity index (χ4n) is 2.90. The average Bonchev–Trinajstić information content (AvgIpc) is 2.45. The third-order valence-corrected chi connectivity index (χ3v) is 3.93. The summed E-state index contributed by atoms with van der Waals surface area (Å²) in [7, 11) is 1.75. The van der Waals surface area contributed by atoms with Gasteiger partial charge in [-0.05, 0) is 42.7 Å². The van der Waals surface area contributed by atoms with Crippen LogP contribution in [0.3, 0.4) is 0 Å². The lowest BCUT2D eigenvalue weighted by Crippen LogP contribution is -2.20. The fraction of sp³-hybridized carbons (Fsp3) is 0.167. The predicted octanol–water partition coefficient (Wildman–Crippen LogP) is 3.53. The highest BCUT2D eigenvalue weighted by atomic mass is 16.3. The number of rotatable bonds is 1. The van der Waals surface area contributed by atoms with Crippen LogP contribution in [0.25, 0.3) is 22.0 Å². The number of fused-ring (bicyclic) bond motifs is 1. The molecule has 3 rings (SSSR count). The standard InChI is InChI=1S/C18H17NO2/c1-11-9-14-17(15(20)10-11)12(2)16(18(21)19(14)3)13-7-5-4-6-8-13/h4-10,20H,1-3H3. The van der Waals surface area contributed by atoms with E-state index in [-0.39, 0.29) is 11.3 Å². The molecule has 0 spiro atoms. The van der Waals surface area contributed by atoms with E-state index < -0.39 is 0 Å². The number of phenolic OH excluding ortho intramolecular Hbond substituents is 1. The molecular formula is C18H17NO2. The second kappa shape index (κ2) is 4.77. The number of aromatic nitrogens is 1. The molecule has 0 amide bonds. The Kier molecular flexibility index (Phi) is 3.05. The van der Waals surface area contributed by atoms with E-state index in [2.05, 4.69) is 0 Å². The van der Waals surface area contributed by atoms with Crippen LogP contribution in [0.15, 0.2) is 47.3 Å². The van der Waals surface area contributed by atoms with Crippen LogP contribution in [0, 0.1) is 13.8 Å². The molecule has 1 N–H and O–H groups in total. The van der Waals surface area contributed by atoms with Crippen molar-refractivity contribution in [2.45, 2.75) is 13.8 Å². The molecule has 0 aliphatic rings. The Labute approximate surface area is 123 Å². The van der Waals surface area contributed by atoms with Gasteiger partial charge in [0.2, 0.25) is 0 Å². The van der Waals surface area contributed by atoms with Crippen molar-refractivity contribution < 1.29 is 5.11 Å². The fourth-order valence-corrected chi connectivity index (χ4v) is 2.90. The first-order chi connectivity index (χ1) is 10.0. The van der Waals surface area contributed by atoms with E-state index in [0.717, 1.165) is 27.6 Å². The largest absolute Gasteiger partial charge is 0.507 e. The van der Waals surface area contributed by atoms with Crippen molar-refractivity contribution in [3.05, 3.63) is 63.9 Å². The van der Waals surface area contributed by atoms with Crippen molar-refractivity contribution in [1.29, 1.82) is 0 Å². The predicted molar refractivity (Wildman–Crippen MR) is 85.8 cm³/mol. The minimum Gasteiger partial charge on any atom is -0.507 e. The van der Waals surface area contributed by atoms with Gasteiger partial charge in [0, 0.05) is 12.4 Å². The number of aromatic hydroxyl groups is 1. The molecule has 0 fully saturated rings. The van der Waals surface area contributed by atoms with E-state index in [1.807, 2.05) is 50.2 Å². The summed E-state index contributed by atoms with van der Waals surface area (Å²) in [6.07, 6.45) is 0. The molecule has 3 aromatic rings. The van der Waals surface area contributed by atoms with Gasteiger partial charge in [0.15, 0.2) is 0 Å². The summed E-state index contributed by atoms with van der Waals surface area (Å²) in [4.78, 5) is 12.7. The Hall–Kier alpha value is -2.55. The lowest BCUT2D eigenvalue weighted by molar-refractivity contribution is 0.480. The van der Waals surface area contributed by atoms with Gasteiger partial charge in [-0.2, -0.15) is 0 Å². The molecule has 1 aromatic heterocycles. The topological polar surface area (TPSA) is 42.2 Å². The van der Waals surface area contributed by atoms with Gasteiger partial charge in [-0.3, -0.25) is 4.79 Å². The average molecular weight is 279 g/mol. The molecule has 0 aliphatic carbocycles. The van der Waals surface area contributed by atoms with Gasteiger partial charge < -0.3 is 9.67 Å². The highest BCUT2D eigenvalue weighted by molar-refractivity contribution is 5.93. The molecule has 2 aromatic carbocycles. The molecule has 106 valence electrons. The van der Waals surface area contributed by atoms with Crippen molar-refractivity contribution in [2.75, 3.05) is 0 Å². The van der Waals surface area contributed by atoms with Gasteiger partial charge in [-0.15, -0.1) is 0 Å². The highest BCUT2D eigenvalue weighted by Crippen LogP contribution is 2.32. The Balaban J connectivity index is 2.52. The summed E-state index contributed by atoms with van der Waals surface area (Å²) in [6.45, 7) is 3.80. The highest BCUT2D eigenvalue weighted by Gasteiger charge is 2.16. The number of phenols is 1. The first kappa shape index (κ1) is 13.4. The summed E-state index contributed by atoms with van der Waals surface area (Å²) in [6, 6.07) is 13.2. The number of hydrogen-bond acceptors (Lipinski definition) is 2. The van der Waals surface area contributed by atoms with Crippen LogP contribution in [0.5, 0.6) is 5.75 Å². The molecule has 0 saturated carbocycles. The van der Waals surface area contributed by atoms with Gasteiger partial charge in [-0.1, -0.05) is 30.3 Å². The number of hydrogen-bond donors (Lipinski definition) is 1. The van der Waals surface area contributed by atoms with Gasteiger partial charge in [-0.25, -0.2) is 0 Å². The molecule has 0 unspecified atom stereocenters. The van der Waals surface area contributed by atoms with Crippen molar-refractivity contribution in [3.8, 4) is 16.9 Å². The Morgan fingerprint density at radius 1 is 1.05 bits per heavy atom. The number of nitrogens with zero attached hydrogens (tertiary/aromatic N) is 1. The normalized spacial score (nSPS) is 11.0. The smallest absolute Gasteiger partial charge is 0.258 e. The van der Waals surface area contributed by atoms with Crippen LogP contribution in [-0.2, 0) is 7.05 Å². The summed E-state index contributed by atoms with van der Waals surface area (Å²) >= 11 is 0. The van der Waals surface area contributed by atoms with Crippen LogP contribution in [0.1, 0.15) is 11.1 Å². The summed E-state index contributed by atoms with van der Waals surface area (Å²) in [5.41, 5.74) is 3.98. The van der Waals surface area contributed by atoms with Gasteiger partial charge in [0.05, 0.1) is 11.1 Å². The maximum Gasteiger partial charge on any atom is 0.258 e. The SMILES string of the molecule is Cc1cc(O)c2c(C)c(-c3ccccc3)c(=O)n(C)c2c1. The Morgan fingerprint density at radius 3 is 2.38 bits per heavy atom. The lowest BCUT2D eigenvalue weighted by Gasteiger charge is -2.15. The lowest BCUT2D eigenvalue weighted by atomic mass is 9.97. The molecule has 0 atom stereocenters. The van der Waals surface area contributed by atoms with E-state index in [9.17, 15) is 9.90 Å². The van der Waals surface area contributed by atoms with Crippen molar-refractivity contribution >= 4 is 10.9 Å². The molecule has 3 nitrogen and oxygen atoms in total. The maximum absolute atomic E-state index is 12.7. The van der Waals surface area contributed by atoms with Crippen LogP contribution in [0.4, 0.5) is 0 Å². The summed E-state index contributed by atoms with van der Waals surface area (Å²) < 4.78 is 1.61. The molecule has 0 aliphatic heterocycles. The van der Waals surface area contributed by atoms with E-state index in [0.29, 0.717) is 5.56 Å². The third-order valence-electron chi connectivity index (χ3n) is 3.93. The Morgan fingerprint density at radius 2 is 1.71 bits per heavy atom. The molecular weight excluding hydrogens is 262 g/mol. The zero-order chi connectivity index (χ0) is 15.1.